The first kappa shape index (κ1) is 17.2. The van der Waals surface area contributed by atoms with Gasteiger partial charge in [0.05, 0.1) is 7.11 Å². The van der Waals surface area contributed by atoms with Crippen LogP contribution in [0.25, 0.3) is 0 Å². The predicted octanol–water partition coefficient (Wildman–Crippen LogP) is 5.57. The minimum atomic E-state index is 0.369. The molecule has 0 fully saturated rings. The highest BCUT2D eigenvalue weighted by Crippen LogP contribution is 2.39. The van der Waals surface area contributed by atoms with Crippen molar-refractivity contribution in [2.24, 2.45) is 0 Å². The Kier molecular flexibility index (Phi) is 7.26. The summed E-state index contributed by atoms with van der Waals surface area (Å²) in [6.45, 7) is 6.45. The number of methoxy groups -OCH3 is 1. The molecule has 0 heterocycles. The van der Waals surface area contributed by atoms with Gasteiger partial charge in [0.1, 0.15) is 11.2 Å². The topological polar surface area (TPSA) is 33.0 Å². The second-order valence-electron chi connectivity index (χ2n) is 5.11. The van der Waals surface area contributed by atoms with Crippen molar-refractivity contribution in [1.29, 1.82) is 5.26 Å². The van der Waals surface area contributed by atoms with Crippen molar-refractivity contribution in [1.82, 2.24) is 0 Å². The molecule has 0 saturated carbocycles. The molecule has 20 heavy (non-hydrogen) atoms. The van der Waals surface area contributed by atoms with Crippen molar-refractivity contribution in [3.8, 4) is 11.2 Å². The summed E-state index contributed by atoms with van der Waals surface area (Å²) in [4.78, 5) is 0. The van der Waals surface area contributed by atoms with Gasteiger partial charge in [-0.25, -0.2) is 0 Å². The third-order valence-electron chi connectivity index (χ3n) is 3.50. The molecule has 1 aromatic rings. The van der Waals surface area contributed by atoms with E-state index in [4.69, 9.17) is 21.6 Å². The maximum Gasteiger partial charge on any atom is 0.133 e. The number of nitrogens with zero attached hydrogens (tertiary/aromatic N) is 1. The zero-order valence-corrected chi connectivity index (χ0v) is 14.1. The van der Waals surface area contributed by atoms with Crippen LogP contribution < -0.4 is 4.74 Å². The number of thiocyanates is 1. The molecule has 0 aromatic heterocycles. The van der Waals surface area contributed by atoms with Gasteiger partial charge in [0.15, 0.2) is 0 Å². The van der Waals surface area contributed by atoms with Gasteiger partial charge in [-0.15, -0.1) is 0 Å². The van der Waals surface area contributed by atoms with E-state index in [0.29, 0.717) is 11.8 Å². The maximum atomic E-state index is 8.65. The Balaban J connectivity index is 3.16. The van der Waals surface area contributed by atoms with Crippen molar-refractivity contribution in [3.05, 3.63) is 28.3 Å². The van der Waals surface area contributed by atoms with Crippen LogP contribution in [0, 0.1) is 10.7 Å². The van der Waals surface area contributed by atoms with Crippen molar-refractivity contribution in [3.63, 3.8) is 0 Å². The van der Waals surface area contributed by atoms with Gasteiger partial charge in [-0.2, -0.15) is 5.26 Å². The summed E-state index contributed by atoms with van der Waals surface area (Å²) in [5.41, 5.74) is 2.33. The second-order valence-corrected chi connectivity index (χ2v) is 6.42. The molecule has 110 valence electrons. The Labute approximate surface area is 131 Å². The largest absolute Gasteiger partial charge is 0.496 e. The SMILES string of the molecule is CCC(CCSC#N)c1cc(Cl)cc(C(C)C)c1OC. The summed E-state index contributed by atoms with van der Waals surface area (Å²) in [5.74, 6) is 2.54. The van der Waals surface area contributed by atoms with Gasteiger partial charge < -0.3 is 4.74 Å². The first-order valence-corrected chi connectivity index (χ1v) is 8.29. The van der Waals surface area contributed by atoms with E-state index in [1.807, 2.05) is 12.1 Å². The third kappa shape index (κ3) is 4.33. The van der Waals surface area contributed by atoms with E-state index in [9.17, 15) is 0 Å². The first-order valence-electron chi connectivity index (χ1n) is 6.93. The van der Waals surface area contributed by atoms with Crippen LogP contribution in [0.3, 0.4) is 0 Å². The molecule has 1 unspecified atom stereocenters. The molecule has 0 saturated heterocycles. The van der Waals surface area contributed by atoms with Crippen LogP contribution in [0.4, 0.5) is 0 Å². The molecule has 1 aromatic carbocycles. The van der Waals surface area contributed by atoms with Crippen LogP contribution in [-0.4, -0.2) is 12.9 Å². The van der Waals surface area contributed by atoms with Crippen LogP contribution in [0.1, 0.15) is 56.6 Å². The summed E-state index contributed by atoms with van der Waals surface area (Å²) in [6.07, 6.45) is 1.98. The summed E-state index contributed by atoms with van der Waals surface area (Å²) >= 11 is 7.58. The average molecular weight is 312 g/mol. The minimum Gasteiger partial charge on any atom is -0.496 e. The fourth-order valence-electron chi connectivity index (χ4n) is 2.43. The van der Waals surface area contributed by atoms with Crippen LogP contribution in [0.2, 0.25) is 5.02 Å². The second kappa shape index (κ2) is 8.44. The van der Waals surface area contributed by atoms with Crippen LogP contribution in [0.5, 0.6) is 5.75 Å². The summed E-state index contributed by atoms with van der Waals surface area (Å²) in [7, 11) is 1.72. The molecule has 1 rings (SSSR count). The fraction of sp³-hybridized carbons (Fsp3) is 0.562. The van der Waals surface area contributed by atoms with Crippen molar-refractivity contribution in [2.45, 2.75) is 45.4 Å². The predicted molar refractivity (Wildman–Crippen MR) is 87.8 cm³/mol. The zero-order valence-electron chi connectivity index (χ0n) is 12.6. The normalized spacial score (nSPS) is 12.2. The van der Waals surface area contributed by atoms with Gasteiger partial charge in [-0.3, -0.25) is 0 Å². The van der Waals surface area contributed by atoms with Gasteiger partial charge in [-0.1, -0.05) is 32.4 Å². The number of halogens is 1. The van der Waals surface area contributed by atoms with Gasteiger partial charge in [0.25, 0.3) is 0 Å². The highest BCUT2D eigenvalue weighted by Gasteiger charge is 2.20. The van der Waals surface area contributed by atoms with Crippen molar-refractivity contribution in [2.75, 3.05) is 12.9 Å². The molecule has 0 N–H and O–H groups in total. The lowest BCUT2D eigenvalue weighted by Crippen LogP contribution is -2.05. The molecule has 2 nitrogen and oxygen atoms in total. The molecule has 0 aliphatic carbocycles. The Bertz CT molecular complexity index is 482. The van der Waals surface area contributed by atoms with Crippen LogP contribution in [0.15, 0.2) is 12.1 Å². The number of ether oxygens (including phenoxy) is 1. The lowest BCUT2D eigenvalue weighted by atomic mass is 9.89. The lowest BCUT2D eigenvalue weighted by Gasteiger charge is -2.22. The van der Waals surface area contributed by atoms with Gasteiger partial charge >= 0.3 is 0 Å². The molecule has 0 aliphatic rings. The van der Waals surface area contributed by atoms with Gasteiger partial charge in [0.2, 0.25) is 0 Å². The molecule has 0 radical (unpaired) electrons. The van der Waals surface area contributed by atoms with E-state index < -0.39 is 0 Å². The number of hydrogen-bond donors (Lipinski definition) is 0. The van der Waals surface area contributed by atoms with Crippen molar-refractivity contribution < 1.29 is 4.74 Å². The van der Waals surface area contributed by atoms with E-state index in [1.165, 1.54) is 17.3 Å². The zero-order chi connectivity index (χ0) is 15.1. The highest BCUT2D eigenvalue weighted by atomic mass is 35.5. The van der Waals surface area contributed by atoms with Crippen molar-refractivity contribution >= 4 is 23.4 Å². The summed E-state index contributed by atoms with van der Waals surface area (Å²) < 4.78 is 5.65. The fourth-order valence-corrected chi connectivity index (χ4v) is 3.16. The minimum absolute atomic E-state index is 0.369. The number of rotatable bonds is 7. The molecule has 0 spiro atoms. The monoisotopic (exact) mass is 311 g/mol. The highest BCUT2D eigenvalue weighted by molar-refractivity contribution is 8.03. The van der Waals surface area contributed by atoms with E-state index in [2.05, 4.69) is 26.2 Å². The molecule has 0 aliphatic heterocycles. The smallest absolute Gasteiger partial charge is 0.133 e. The number of hydrogen-bond acceptors (Lipinski definition) is 3. The van der Waals surface area contributed by atoms with Crippen LogP contribution >= 0.6 is 23.4 Å². The lowest BCUT2D eigenvalue weighted by molar-refractivity contribution is 0.396. The third-order valence-corrected chi connectivity index (χ3v) is 4.29. The average Bonchev–Trinajstić information content (AvgIpc) is 2.42. The maximum absolute atomic E-state index is 8.65. The summed E-state index contributed by atoms with van der Waals surface area (Å²) in [5, 5.41) is 11.5. The van der Waals surface area contributed by atoms with E-state index in [1.54, 1.807) is 7.11 Å². The number of benzene rings is 1. The number of thioether (sulfide) groups is 1. The number of nitriles is 1. The van der Waals surface area contributed by atoms with Gasteiger partial charge in [-0.05, 0) is 59.7 Å². The molecule has 1 atom stereocenters. The molecule has 0 bridgehead atoms. The van der Waals surface area contributed by atoms with E-state index in [0.717, 1.165) is 34.9 Å². The molecular formula is C16H22ClNOS. The molecule has 0 amide bonds. The van der Waals surface area contributed by atoms with Crippen LogP contribution in [-0.2, 0) is 0 Å². The van der Waals surface area contributed by atoms with E-state index in [-0.39, 0.29) is 0 Å². The first-order chi connectivity index (χ1) is 9.54. The Hall–Kier alpha value is -0.850. The van der Waals surface area contributed by atoms with Gasteiger partial charge in [0, 0.05) is 10.8 Å². The quantitative estimate of drug-likeness (QED) is 0.487. The Morgan fingerprint density at radius 1 is 1.35 bits per heavy atom. The summed E-state index contributed by atoms with van der Waals surface area (Å²) in [6, 6.07) is 4.00. The molecule has 4 heteroatoms. The standard InChI is InChI=1S/C16H22ClNOS/c1-5-12(6-7-20-10-18)15-9-13(17)8-14(11(2)3)16(15)19-4/h8-9,11-12H,5-7H2,1-4H3. The Morgan fingerprint density at radius 2 is 2.00 bits per heavy atom. The Morgan fingerprint density at radius 3 is 2.50 bits per heavy atom. The van der Waals surface area contributed by atoms with E-state index >= 15 is 0 Å². The molecular weight excluding hydrogens is 290 g/mol.